The van der Waals surface area contributed by atoms with Crippen LogP contribution in [0.15, 0.2) is 24.3 Å². The maximum absolute atomic E-state index is 11.9. The van der Waals surface area contributed by atoms with Crippen molar-refractivity contribution < 1.29 is 9.59 Å². The molecule has 19 heavy (non-hydrogen) atoms. The van der Waals surface area contributed by atoms with Crippen LogP contribution in [0.25, 0.3) is 10.2 Å². The molecule has 2 N–H and O–H groups in total. The molecule has 0 unspecified atom stereocenters. The van der Waals surface area contributed by atoms with Crippen molar-refractivity contribution in [1.29, 1.82) is 0 Å². The lowest BCUT2D eigenvalue weighted by Gasteiger charge is -2.07. The normalized spacial score (nSPS) is 18.5. The monoisotopic (exact) mass is 275 g/mol. The van der Waals surface area contributed by atoms with Gasteiger partial charge in [0.1, 0.15) is 5.01 Å². The number of rotatable bonds is 3. The van der Waals surface area contributed by atoms with Crippen LogP contribution >= 0.6 is 11.3 Å². The van der Waals surface area contributed by atoms with Crippen molar-refractivity contribution in [1.82, 2.24) is 15.6 Å². The zero-order valence-electron chi connectivity index (χ0n) is 10.2. The van der Waals surface area contributed by atoms with E-state index in [-0.39, 0.29) is 24.2 Å². The molecule has 0 spiro atoms. The van der Waals surface area contributed by atoms with E-state index in [0.29, 0.717) is 13.1 Å². The summed E-state index contributed by atoms with van der Waals surface area (Å²) in [7, 11) is 0. The number of thiazole rings is 1. The topological polar surface area (TPSA) is 71.1 Å². The molecular formula is C13H13N3O2S. The van der Waals surface area contributed by atoms with Crippen LogP contribution in [-0.4, -0.2) is 23.3 Å². The molecule has 98 valence electrons. The number of hydrogen-bond donors (Lipinski definition) is 2. The summed E-state index contributed by atoms with van der Waals surface area (Å²) in [6.07, 6.45) is 0.283. The molecule has 1 saturated heterocycles. The van der Waals surface area contributed by atoms with E-state index in [4.69, 9.17) is 0 Å². The summed E-state index contributed by atoms with van der Waals surface area (Å²) in [5.41, 5.74) is 0.953. The molecule has 1 aromatic heterocycles. The molecule has 2 amide bonds. The molecule has 0 bridgehead atoms. The molecule has 1 fully saturated rings. The zero-order valence-corrected chi connectivity index (χ0v) is 11.0. The summed E-state index contributed by atoms with van der Waals surface area (Å²) in [6.45, 7) is 0.855. The third-order valence-electron chi connectivity index (χ3n) is 3.10. The Bertz CT molecular complexity index is 605. The van der Waals surface area contributed by atoms with E-state index >= 15 is 0 Å². The van der Waals surface area contributed by atoms with Crippen LogP contribution in [0, 0.1) is 5.92 Å². The van der Waals surface area contributed by atoms with E-state index in [1.807, 2.05) is 24.3 Å². The highest BCUT2D eigenvalue weighted by Gasteiger charge is 2.27. The number of benzene rings is 1. The molecule has 1 aliphatic rings. The second-order valence-electron chi connectivity index (χ2n) is 4.50. The Morgan fingerprint density at radius 3 is 3.05 bits per heavy atom. The molecule has 6 heteroatoms. The molecule has 5 nitrogen and oxygen atoms in total. The molecular weight excluding hydrogens is 262 g/mol. The van der Waals surface area contributed by atoms with Gasteiger partial charge in [-0.15, -0.1) is 11.3 Å². The number of fused-ring (bicyclic) bond motifs is 1. The Morgan fingerprint density at radius 2 is 2.32 bits per heavy atom. The molecule has 1 aromatic carbocycles. The number of amides is 2. The SMILES string of the molecule is O=C1C[C@@H](C(=O)NCc2nc3ccccc3s2)CN1. The first-order valence-corrected chi connectivity index (χ1v) is 6.93. The van der Waals surface area contributed by atoms with Crippen molar-refractivity contribution in [2.24, 2.45) is 5.92 Å². The van der Waals surface area contributed by atoms with Gasteiger partial charge in [-0.1, -0.05) is 12.1 Å². The van der Waals surface area contributed by atoms with Gasteiger partial charge < -0.3 is 10.6 Å². The van der Waals surface area contributed by atoms with Gasteiger partial charge in [0.05, 0.1) is 22.7 Å². The first-order chi connectivity index (χ1) is 9.22. The lowest BCUT2D eigenvalue weighted by Crippen LogP contribution is -2.31. The van der Waals surface area contributed by atoms with Gasteiger partial charge in [-0.25, -0.2) is 4.98 Å². The Balaban J connectivity index is 1.62. The van der Waals surface area contributed by atoms with Gasteiger partial charge in [-0.2, -0.15) is 0 Å². The van der Waals surface area contributed by atoms with Crippen LogP contribution in [-0.2, 0) is 16.1 Å². The summed E-state index contributed by atoms with van der Waals surface area (Å²) in [5, 5.41) is 6.38. The Labute approximate surface area is 114 Å². The van der Waals surface area contributed by atoms with Crippen molar-refractivity contribution in [3.8, 4) is 0 Å². The van der Waals surface area contributed by atoms with Gasteiger partial charge in [0.2, 0.25) is 11.8 Å². The fourth-order valence-corrected chi connectivity index (χ4v) is 3.00. The Kier molecular flexibility index (Phi) is 3.16. The molecule has 0 aliphatic carbocycles. The highest BCUT2D eigenvalue weighted by Crippen LogP contribution is 2.21. The predicted octanol–water partition coefficient (Wildman–Crippen LogP) is 1.05. The van der Waals surface area contributed by atoms with E-state index in [1.54, 1.807) is 11.3 Å². The van der Waals surface area contributed by atoms with Crippen LogP contribution in [0.1, 0.15) is 11.4 Å². The summed E-state index contributed by atoms with van der Waals surface area (Å²) in [6, 6.07) is 7.88. The number of hydrogen-bond acceptors (Lipinski definition) is 4. The quantitative estimate of drug-likeness (QED) is 0.879. The smallest absolute Gasteiger partial charge is 0.225 e. The first kappa shape index (κ1) is 12.1. The largest absolute Gasteiger partial charge is 0.355 e. The third kappa shape index (κ3) is 2.58. The van der Waals surface area contributed by atoms with Crippen LogP contribution in [0.3, 0.4) is 0 Å². The molecule has 1 aliphatic heterocycles. The van der Waals surface area contributed by atoms with E-state index in [1.165, 1.54) is 0 Å². The maximum Gasteiger partial charge on any atom is 0.225 e. The van der Waals surface area contributed by atoms with E-state index < -0.39 is 0 Å². The number of carbonyl (C=O) groups is 2. The minimum Gasteiger partial charge on any atom is -0.355 e. The highest BCUT2D eigenvalue weighted by molar-refractivity contribution is 7.18. The summed E-state index contributed by atoms with van der Waals surface area (Å²) in [5.74, 6) is -0.389. The van der Waals surface area contributed by atoms with Gasteiger partial charge in [0, 0.05) is 13.0 Å². The summed E-state index contributed by atoms with van der Waals surface area (Å²) in [4.78, 5) is 27.3. The van der Waals surface area contributed by atoms with Crippen molar-refractivity contribution in [3.05, 3.63) is 29.3 Å². The van der Waals surface area contributed by atoms with E-state index in [9.17, 15) is 9.59 Å². The first-order valence-electron chi connectivity index (χ1n) is 6.11. The average molecular weight is 275 g/mol. The van der Waals surface area contributed by atoms with E-state index in [0.717, 1.165) is 15.2 Å². The van der Waals surface area contributed by atoms with Crippen LogP contribution in [0.4, 0.5) is 0 Å². The number of para-hydroxylation sites is 1. The fourth-order valence-electron chi connectivity index (χ4n) is 2.09. The average Bonchev–Trinajstić information content (AvgIpc) is 3.01. The fraction of sp³-hybridized carbons (Fsp3) is 0.308. The maximum atomic E-state index is 11.9. The minimum absolute atomic E-state index is 0.0554. The minimum atomic E-state index is -0.248. The van der Waals surface area contributed by atoms with Crippen LogP contribution in [0.5, 0.6) is 0 Å². The standard InChI is InChI=1S/C13H13N3O2S/c17-11-5-8(6-14-11)13(18)15-7-12-16-9-3-1-2-4-10(9)19-12/h1-4,8H,5-7H2,(H,14,17)(H,15,18)/t8-/m1/s1. The lowest BCUT2D eigenvalue weighted by molar-refractivity contribution is -0.126. The van der Waals surface area contributed by atoms with Crippen LogP contribution in [0.2, 0.25) is 0 Å². The molecule has 2 aromatic rings. The Hall–Kier alpha value is -1.95. The van der Waals surface area contributed by atoms with Crippen molar-refractivity contribution in [2.75, 3.05) is 6.54 Å². The van der Waals surface area contributed by atoms with E-state index in [2.05, 4.69) is 15.6 Å². The predicted molar refractivity (Wildman–Crippen MR) is 72.6 cm³/mol. The molecule has 1 atom stereocenters. The third-order valence-corrected chi connectivity index (χ3v) is 4.14. The van der Waals surface area contributed by atoms with Crippen LogP contribution < -0.4 is 10.6 Å². The van der Waals surface area contributed by atoms with Gasteiger partial charge in [-0.3, -0.25) is 9.59 Å². The van der Waals surface area contributed by atoms with Crippen molar-refractivity contribution in [2.45, 2.75) is 13.0 Å². The van der Waals surface area contributed by atoms with Crippen molar-refractivity contribution >= 4 is 33.4 Å². The number of nitrogens with one attached hydrogen (secondary N) is 2. The van der Waals surface area contributed by atoms with Gasteiger partial charge in [-0.05, 0) is 12.1 Å². The number of aromatic nitrogens is 1. The van der Waals surface area contributed by atoms with Gasteiger partial charge in [0.25, 0.3) is 0 Å². The second-order valence-corrected chi connectivity index (χ2v) is 5.61. The molecule has 3 rings (SSSR count). The number of nitrogens with zero attached hydrogens (tertiary/aromatic N) is 1. The molecule has 0 saturated carbocycles. The number of carbonyl (C=O) groups excluding carboxylic acids is 2. The molecule has 0 radical (unpaired) electrons. The second kappa shape index (κ2) is 4.97. The van der Waals surface area contributed by atoms with Gasteiger partial charge in [0.15, 0.2) is 0 Å². The summed E-state index contributed by atoms with van der Waals surface area (Å²) < 4.78 is 1.12. The summed E-state index contributed by atoms with van der Waals surface area (Å²) >= 11 is 1.57. The lowest BCUT2D eigenvalue weighted by atomic mass is 10.1. The van der Waals surface area contributed by atoms with Crippen molar-refractivity contribution in [3.63, 3.8) is 0 Å². The zero-order chi connectivity index (χ0) is 13.2. The Morgan fingerprint density at radius 1 is 1.47 bits per heavy atom. The molecule has 2 heterocycles. The van der Waals surface area contributed by atoms with Gasteiger partial charge >= 0.3 is 0 Å². The highest BCUT2D eigenvalue weighted by atomic mass is 32.1.